The molecule has 0 radical (unpaired) electrons. The first-order chi connectivity index (χ1) is 25.5. The van der Waals surface area contributed by atoms with Crippen LogP contribution in [-0.2, 0) is 9.47 Å². The number of aromatic amines is 1. The fraction of sp³-hybridized carbons (Fsp3) is 0.409. The molecular weight excluding hydrogens is 691 g/mol. The van der Waals surface area contributed by atoms with Crippen molar-refractivity contribution in [1.29, 1.82) is 0 Å². The number of benzene rings is 4. The fourth-order valence-electron chi connectivity index (χ4n) is 8.29. The van der Waals surface area contributed by atoms with Crippen LogP contribution in [0.25, 0.3) is 49.3 Å². The van der Waals surface area contributed by atoms with Gasteiger partial charge in [0.15, 0.2) is 0 Å². The van der Waals surface area contributed by atoms with Gasteiger partial charge in [-0.05, 0) is 123 Å². The third-order valence-electron chi connectivity index (χ3n) is 10.7. The number of nitrogens with zero attached hydrogens (tertiary/aromatic N) is 4. The van der Waals surface area contributed by atoms with E-state index in [1.165, 1.54) is 16.3 Å². The van der Waals surface area contributed by atoms with Gasteiger partial charge in [0.25, 0.3) is 0 Å². The maximum Gasteiger partial charge on any atom is 0.410 e. The van der Waals surface area contributed by atoms with Crippen LogP contribution < -0.4 is 0 Å². The summed E-state index contributed by atoms with van der Waals surface area (Å²) in [5.41, 5.74) is 6.48. The number of nitrogens with one attached hydrogen (secondary N) is 1. The Morgan fingerprint density at radius 1 is 0.778 bits per heavy atom. The van der Waals surface area contributed by atoms with Crippen molar-refractivity contribution in [2.75, 3.05) is 12.7 Å². The smallest absolute Gasteiger partial charge is 0.410 e. The van der Waals surface area contributed by atoms with Gasteiger partial charge in [0.2, 0.25) is 0 Å². The molecule has 2 saturated heterocycles. The lowest BCUT2D eigenvalue weighted by Crippen LogP contribution is -2.43. The Kier molecular flexibility index (Phi) is 8.75. The van der Waals surface area contributed by atoms with Gasteiger partial charge in [0.05, 0.1) is 31.2 Å². The number of likely N-dealkylation sites (tertiary alicyclic amines) is 1. The molecule has 1 aromatic heterocycles. The van der Waals surface area contributed by atoms with Crippen molar-refractivity contribution in [3.63, 3.8) is 0 Å². The summed E-state index contributed by atoms with van der Waals surface area (Å²) in [7, 11) is -1.64. The minimum Gasteiger partial charge on any atom is -0.444 e. The fourth-order valence-corrected chi connectivity index (χ4v) is 11.2. The standard InChI is InChI=1S/C44H51N5O4Si/c1-43(2,3)52-41(50)48-19-9-10-37(48)36-23-33(24-45-36)31-14-13-27-20-28(11-12-29(27)21-31)30-15-17-34-32(22-30)16-18-35-39(34)47-40(46-35)38-25-54(7,8)26-49(38)42(51)53-44(4,5)6/h11-18,20-22,24,37-38H,9-10,19,23,25-26H2,1-8H3,(H,46,47)/t37-,38-/m0/s1. The van der Waals surface area contributed by atoms with Gasteiger partial charge in [0.1, 0.15) is 17.0 Å². The number of carbonyl (C=O) groups excluding carboxylic acids is 2. The molecule has 5 aromatic rings. The van der Waals surface area contributed by atoms with E-state index in [2.05, 4.69) is 84.8 Å². The minimum atomic E-state index is -1.64. The molecule has 4 aromatic carbocycles. The van der Waals surface area contributed by atoms with Crippen LogP contribution in [-0.4, -0.2) is 75.7 Å². The highest BCUT2D eigenvalue weighted by Gasteiger charge is 2.45. The average molecular weight is 742 g/mol. The molecule has 3 aliphatic heterocycles. The van der Waals surface area contributed by atoms with Gasteiger partial charge >= 0.3 is 12.2 Å². The number of rotatable bonds is 4. The number of aliphatic imine (C=N–C) groups is 1. The van der Waals surface area contributed by atoms with Gasteiger partial charge in [0, 0.05) is 36.4 Å². The van der Waals surface area contributed by atoms with Crippen molar-refractivity contribution >= 4 is 64.1 Å². The van der Waals surface area contributed by atoms with Gasteiger partial charge in [-0.25, -0.2) is 14.6 Å². The Morgan fingerprint density at radius 2 is 1.39 bits per heavy atom. The van der Waals surface area contributed by atoms with E-state index in [-0.39, 0.29) is 24.3 Å². The third-order valence-corrected chi connectivity index (χ3v) is 13.4. The monoisotopic (exact) mass is 741 g/mol. The van der Waals surface area contributed by atoms with Gasteiger partial charge in [-0.1, -0.05) is 55.6 Å². The summed E-state index contributed by atoms with van der Waals surface area (Å²) in [4.78, 5) is 43.4. The summed E-state index contributed by atoms with van der Waals surface area (Å²) in [6, 6.07) is 24.9. The SMILES string of the molecule is CC(C)(C)OC(=O)N1CCC[C@H]1C1=NC=C(c2ccc3cc(-c4ccc5c(ccc6[nH]c([C@@H]7C[Si](C)(C)CN7C(=O)OC(C)(C)C)nc65)c4)ccc3c2)C1. The molecule has 2 fully saturated rings. The van der Waals surface area contributed by atoms with E-state index in [4.69, 9.17) is 19.5 Å². The number of amides is 2. The molecule has 2 atom stereocenters. The van der Waals surface area contributed by atoms with Crippen LogP contribution in [0, 0.1) is 0 Å². The lowest BCUT2D eigenvalue weighted by molar-refractivity contribution is 0.0226. The van der Waals surface area contributed by atoms with Crippen molar-refractivity contribution in [2.24, 2.45) is 4.99 Å². The lowest BCUT2D eigenvalue weighted by atomic mass is 9.94. The summed E-state index contributed by atoms with van der Waals surface area (Å²) < 4.78 is 11.5. The summed E-state index contributed by atoms with van der Waals surface area (Å²) in [6.07, 6.45) is 4.81. The molecule has 4 heterocycles. The predicted molar refractivity (Wildman–Crippen MR) is 221 cm³/mol. The second kappa shape index (κ2) is 13.1. The molecule has 0 aliphatic carbocycles. The molecule has 2 amide bonds. The molecule has 1 N–H and O–H groups in total. The van der Waals surface area contributed by atoms with Gasteiger partial charge in [-0.2, -0.15) is 0 Å². The topological polar surface area (TPSA) is 100 Å². The van der Waals surface area contributed by atoms with Crippen LogP contribution in [0.4, 0.5) is 9.59 Å². The Bertz CT molecular complexity index is 2380. The first kappa shape index (κ1) is 36.0. The Morgan fingerprint density at radius 3 is 2.09 bits per heavy atom. The second-order valence-corrected chi connectivity index (χ2v) is 23.1. The summed E-state index contributed by atoms with van der Waals surface area (Å²) >= 11 is 0. The zero-order chi connectivity index (χ0) is 38.2. The second-order valence-electron chi connectivity index (χ2n) is 18.1. The lowest BCUT2D eigenvalue weighted by Gasteiger charge is -2.28. The van der Waals surface area contributed by atoms with E-state index in [0.29, 0.717) is 6.54 Å². The van der Waals surface area contributed by atoms with Crippen LogP contribution in [0.3, 0.4) is 0 Å². The highest BCUT2D eigenvalue weighted by Crippen LogP contribution is 2.40. The third kappa shape index (κ3) is 7.16. The van der Waals surface area contributed by atoms with Crippen LogP contribution in [0.5, 0.6) is 0 Å². The van der Waals surface area contributed by atoms with E-state index < -0.39 is 19.3 Å². The summed E-state index contributed by atoms with van der Waals surface area (Å²) in [6.45, 7) is 16.8. The van der Waals surface area contributed by atoms with E-state index in [0.717, 1.165) is 81.5 Å². The first-order valence-electron chi connectivity index (χ1n) is 19.2. The van der Waals surface area contributed by atoms with E-state index in [9.17, 15) is 9.59 Å². The molecule has 10 heteroatoms. The number of hydrogen-bond acceptors (Lipinski definition) is 6. The molecule has 0 spiro atoms. The Hall–Kier alpha value is -4.96. The highest BCUT2D eigenvalue weighted by atomic mass is 28.3. The predicted octanol–water partition coefficient (Wildman–Crippen LogP) is 10.7. The largest absolute Gasteiger partial charge is 0.444 e. The molecule has 0 bridgehead atoms. The van der Waals surface area contributed by atoms with Gasteiger partial charge < -0.3 is 19.4 Å². The average Bonchev–Trinajstić information content (AvgIpc) is 3.91. The molecule has 9 nitrogen and oxygen atoms in total. The molecule has 8 rings (SSSR count). The van der Waals surface area contributed by atoms with Crippen LogP contribution in [0.2, 0.25) is 19.1 Å². The first-order valence-corrected chi connectivity index (χ1v) is 22.6. The number of imidazole rings is 1. The number of hydrogen-bond donors (Lipinski definition) is 1. The minimum absolute atomic E-state index is 0.0135. The normalized spacial score (nSPS) is 20.2. The molecule has 280 valence electrons. The number of carbonyl (C=O) groups is 2. The van der Waals surface area contributed by atoms with E-state index in [1.54, 1.807) is 0 Å². The number of fused-ring (bicyclic) bond motifs is 4. The zero-order valence-corrected chi connectivity index (χ0v) is 33.7. The van der Waals surface area contributed by atoms with Crippen molar-refractivity contribution in [3.05, 3.63) is 84.3 Å². The molecule has 0 unspecified atom stereocenters. The summed E-state index contributed by atoms with van der Waals surface area (Å²) in [5, 5.41) is 4.55. The molecule has 3 aliphatic rings. The van der Waals surface area contributed by atoms with E-state index in [1.807, 2.05) is 57.5 Å². The maximum absolute atomic E-state index is 13.3. The van der Waals surface area contributed by atoms with Crippen molar-refractivity contribution < 1.29 is 19.1 Å². The maximum atomic E-state index is 13.3. The van der Waals surface area contributed by atoms with Crippen LogP contribution >= 0.6 is 0 Å². The van der Waals surface area contributed by atoms with Crippen LogP contribution in [0.1, 0.15) is 78.2 Å². The highest BCUT2D eigenvalue weighted by molar-refractivity contribution is 6.78. The number of aromatic nitrogens is 2. The van der Waals surface area contributed by atoms with Crippen molar-refractivity contribution in [2.45, 2.75) is 103 Å². The summed E-state index contributed by atoms with van der Waals surface area (Å²) in [5.74, 6) is 0.830. The van der Waals surface area contributed by atoms with Crippen molar-refractivity contribution in [1.82, 2.24) is 19.8 Å². The quantitative estimate of drug-likeness (QED) is 0.185. The van der Waals surface area contributed by atoms with E-state index >= 15 is 0 Å². The Balaban J connectivity index is 1.00. The van der Waals surface area contributed by atoms with Crippen molar-refractivity contribution in [3.8, 4) is 11.1 Å². The van der Waals surface area contributed by atoms with Gasteiger partial charge in [-0.3, -0.25) is 9.89 Å². The molecule has 0 saturated carbocycles. The number of ether oxygens (including phenoxy) is 2. The number of H-pyrrole nitrogens is 1. The van der Waals surface area contributed by atoms with Crippen LogP contribution in [0.15, 0.2) is 77.9 Å². The zero-order valence-electron chi connectivity index (χ0n) is 32.7. The number of allylic oxidation sites excluding steroid dienone is 1. The Labute approximate surface area is 318 Å². The van der Waals surface area contributed by atoms with Gasteiger partial charge in [-0.15, -0.1) is 0 Å². The molecule has 54 heavy (non-hydrogen) atoms. The molecular formula is C44H51N5O4Si.